The molecule has 0 aliphatic carbocycles. The molecule has 1 aliphatic heterocycles. The number of benzene rings is 3. The highest BCUT2D eigenvalue weighted by Gasteiger charge is 2.29. The molecule has 0 radical (unpaired) electrons. The van der Waals surface area contributed by atoms with Crippen molar-refractivity contribution in [3.63, 3.8) is 0 Å². The first-order chi connectivity index (χ1) is 19.7. The van der Waals surface area contributed by atoms with E-state index in [1.54, 1.807) is 42.6 Å². The molecule has 0 spiro atoms. The van der Waals surface area contributed by atoms with Gasteiger partial charge in [-0.25, -0.2) is 18.2 Å². The number of nitrogens with zero attached hydrogens (tertiary/aromatic N) is 3. The van der Waals surface area contributed by atoms with Gasteiger partial charge in [-0.1, -0.05) is 35.9 Å². The maximum atomic E-state index is 13.4. The van der Waals surface area contributed by atoms with Gasteiger partial charge >= 0.3 is 6.03 Å². The van der Waals surface area contributed by atoms with Crippen LogP contribution in [0.25, 0.3) is 0 Å². The van der Waals surface area contributed by atoms with Crippen LogP contribution in [-0.2, 0) is 16.4 Å². The van der Waals surface area contributed by atoms with Crippen LogP contribution in [0.1, 0.15) is 18.4 Å². The zero-order valence-electron chi connectivity index (χ0n) is 23.0. The number of ether oxygens (including phenoxy) is 1. The fourth-order valence-corrected chi connectivity index (χ4v) is 5.59. The molecule has 8 nitrogen and oxygen atoms in total. The van der Waals surface area contributed by atoms with Crippen LogP contribution in [0.2, 0.25) is 5.02 Å². The Bertz CT molecular complexity index is 1560. The van der Waals surface area contributed by atoms with Gasteiger partial charge in [0.05, 0.1) is 4.90 Å². The summed E-state index contributed by atoms with van der Waals surface area (Å²) in [5, 5.41) is 3.64. The molecule has 1 saturated heterocycles. The summed E-state index contributed by atoms with van der Waals surface area (Å²) in [5.41, 5.74) is 2.62. The number of piperidine rings is 1. The molecule has 220 valence electrons. The fourth-order valence-electron chi connectivity index (χ4n) is 4.83. The molecule has 2 amide bonds. The minimum Gasteiger partial charge on any atom is -0.439 e. The van der Waals surface area contributed by atoms with Crippen LogP contribution in [0.15, 0.2) is 102 Å². The van der Waals surface area contributed by atoms with E-state index in [4.69, 9.17) is 16.3 Å². The number of hydrogen-bond acceptors (Lipinski definition) is 6. The quantitative estimate of drug-likeness (QED) is 0.225. The van der Waals surface area contributed by atoms with Gasteiger partial charge in [-0.3, -0.25) is 9.80 Å². The van der Waals surface area contributed by atoms with Gasteiger partial charge < -0.3 is 10.1 Å². The first-order valence-corrected chi connectivity index (χ1v) is 15.6. The van der Waals surface area contributed by atoms with E-state index in [2.05, 4.69) is 15.2 Å². The monoisotopic (exact) mass is 626 g/mol. The highest BCUT2D eigenvalue weighted by Crippen LogP contribution is 2.27. The third-order valence-electron chi connectivity index (χ3n) is 6.95. The molecule has 3 aromatic carbocycles. The predicted molar refractivity (Wildman–Crippen MR) is 169 cm³/mol. The van der Waals surface area contributed by atoms with Crippen LogP contribution in [0, 0.1) is 0 Å². The number of pyridine rings is 1. The topological polar surface area (TPSA) is 91.8 Å². The van der Waals surface area contributed by atoms with Crippen molar-refractivity contribution in [2.24, 2.45) is 0 Å². The predicted octanol–water partition coefficient (Wildman–Crippen LogP) is 7.06. The van der Waals surface area contributed by atoms with Gasteiger partial charge in [0.1, 0.15) is 5.75 Å². The summed E-state index contributed by atoms with van der Waals surface area (Å²) in [7, 11) is -3.26. The molecule has 42 heavy (non-hydrogen) atoms. The molecule has 0 bridgehead atoms. The highest BCUT2D eigenvalue weighted by atomic mass is 35.5. The van der Waals surface area contributed by atoms with Gasteiger partial charge in [0.15, 0.2) is 9.84 Å². The lowest BCUT2D eigenvalue weighted by atomic mass is 10.0. The minimum absolute atomic E-state index is 0. The molecule has 2 heterocycles. The number of carbonyl (C=O) groups excluding carboxylic acids is 1. The normalized spacial score (nSPS) is 14.0. The summed E-state index contributed by atoms with van der Waals surface area (Å²) in [6.07, 6.45) is 4.63. The van der Waals surface area contributed by atoms with Gasteiger partial charge in [0, 0.05) is 60.6 Å². The highest BCUT2D eigenvalue weighted by molar-refractivity contribution is 7.90. The molecule has 4 aromatic rings. The molecule has 1 aromatic heterocycles. The molecule has 0 unspecified atom stereocenters. The Morgan fingerprint density at radius 3 is 2.24 bits per heavy atom. The van der Waals surface area contributed by atoms with Crippen molar-refractivity contribution in [1.29, 1.82) is 0 Å². The standard InChI is InChI=1S/C31H31ClN4O4S.ClH/c1-41(38,39)29-14-12-28(13-15-29)40-30-16-7-23(21-33-30)22-35-19-17-27(18-20-35)36(26-5-3-2-4-6-26)31(37)34-25-10-8-24(32)9-11-25;/h2-16,21,27H,17-20,22H2,1H3,(H,34,37);1H. The van der Waals surface area contributed by atoms with Gasteiger partial charge in [-0.2, -0.15) is 0 Å². The van der Waals surface area contributed by atoms with E-state index in [9.17, 15) is 13.2 Å². The number of hydrogen-bond donors (Lipinski definition) is 1. The fraction of sp³-hybridized carbons (Fsp3) is 0.226. The molecule has 11 heteroatoms. The van der Waals surface area contributed by atoms with E-state index in [-0.39, 0.29) is 29.4 Å². The van der Waals surface area contributed by atoms with E-state index in [0.717, 1.165) is 43.7 Å². The molecule has 5 rings (SSSR count). The number of halogens is 2. The first kappa shape index (κ1) is 31.3. The molecule has 0 atom stereocenters. The first-order valence-electron chi connectivity index (χ1n) is 13.3. The van der Waals surface area contributed by atoms with Crippen molar-refractivity contribution in [2.45, 2.75) is 30.3 Å². The summed E-state index contributed by atoms with van der Waals surface area (Å²) >= 11 is 6.00. The van der Waals surface area contributed by atoms with Crippen LogP contribution in [0.3, 0.4) is 0 Å². The van der Waals surface area contributed by atoms with Crippen LogP contribution in [0.5, 0.6) is 11.6 Å². The zero-order valence-corrected chi connectivity index (χ0v) is 25.4. The van der Waals surface area contributed by atoms with Gasteiger partial charge in [-0.05, 0) is 79.1 Å². The van der Waals surface area contributed by atoms with Crippen molar-refractivity contribution in [1.82, 2.24) is 9.88 Å². The molecule has 1 fully saturated rings. The van der Waals surface area contributed by atoms with E-state index in [1.807, 2.05) is 47.4 Å². The Morgan fingerprint density at radius 1 is 0.976 bits per heavy atom. The Morgan fingerprint density at radius 2 is 1.64 bits per heavy atom. The maximum Gasteiger partial charge on any atom is 0.326 e. The summed E-state index contributed by atoms with van der Waals surface area (Å²) in [6, 6.07) is 26.8. The second kappa shape index (κ2) is 14.0. The third kappa shape index (κ3) is 8.23. The van der Waals surface area contributed by atoms with E-state index < -0.39 is 9.84 Å². The summed E-state index contributed by atoms with van der Waals surface area (Å²) in [4.78, 5) is 22.3. The minimum atomic E-state index is -3.26. The smallest absolute Gasteiger partial charge is 0.326 e. The van der Waals surface area contributed by atoms with Crippen LogP contribution in [0.4, 0.5) is 16.2 Å². The Balaban J connectivity index is 0.00000405. The van der Waals surface area contributed by atoms with Crippen LogP contribution in [-0.4, -0.2) is 49.7 Å². The summed E-state index contributed by atoms with van der Waals surface area (Å²) < 4.78 is 29.1. The number of amides is 2. The SMILES string of the molecule is CS(=O)(=O)c1ccc(Oc2ccc(CN3CCC(N(C(=O)Nc4ccc(Cl)cc4)c4ccccc4)CC3)cn2)cc1.Cl. The second-order valence-corrected chi connectivity index (χ2v) is 12.5. The van der Waals surface area contributed by atoms with Crippen molar-refractivity contribution in [2.75, 3.05) is 29.6 Å². The lowest BCUT2D eigenvalue weighted by Gasteiger charge is -2.38. The number of likely N-dealkylation sites (tertiary alicyclic amines) is 1. The van der Waals surface area contributed by atoms with Crippen LogP contribution >= 0.6 is 24.0 Å². The number of anilines is 2. The van der Waals surface area contributed by atoms with E-state index >= 15 is 0 Å². The molecule has 1 aliphatic rings. The Labute approximate surface area is 257 Å². The maximum absolute atomic E-state index is 13.4. The molecule has 0 saturated carbocycles. The largest absolute Gasteiger partial charge is 0.439 e. The Kier molecular flexibility index (Phi) is 10.5. The summed E-state index contributed by atoms with van der Waals surface area (Å²) in [5.74, 6) is 0.951. The lowest BCUT2D eigenvalue weighted by Crippen LogP contribution is -2.49. The number of rotatable bonds is 8. The lowest BCUT2D eigenvalue weighted by molar-refractivity contribution is 0.199. The third-order valence-corrected chi connectivity index (χ3v) is 8.33. The van der Waals surface area contributed by atoms with Gasteiger partial charge in [-0.15, -0.1) is 12.4 Å². The average molecular weight is 628 g/mol. The average Bonchev–Trinajstić information content (AvgIpc) is 2.97. The molecular weight excluding hydrogens is 595 g/mol. The van der Waals surface area contributed by atoms with Crippen molar-refractivity contribution in [3.8, 4) is 11.6 Å². The zero-order chi connectivity index (χ0) is 28.8. The second-order valence-electron chi connectivity index (χ2n) is 10.0. The summed E-state index contributed by atoms with van der Waals surface area (Å²) in [6.45, 7) is 2.42. The number of para-hydroxylation sites is 1. The number of sulfone groups is 1. The van der Waals surface area contributed by atoms with Crippen LogP contribution < -0.4 is 15.0 Å². The van der Waals surface area contributed by atoms with Crippen molar-refractivity contribution in [3.05, 3.63) is 108 Å². The number of urea groups is 1. The van der Waals surface area contributed by atoms with E-state index in [1.165, 1.54) is 18.4 Å². The number of nitrogens with one attached hydrogen (secondary N) is 1. The van der Waals surface area contributed by atoms with Gasteiger partial charge in [0.2, 0.25) is 5.88 Å². The van der Waals surface area contributed by atoms with Crippen molar-refractivity contribution >= 4 is 51.3 Å². The number of carbonyl (C=O) groups is 1. The van der Waals surface area contributed by atoms with E-state index in [0.29, 0.717) is 22.3 Å². The molecular formula is C31H32Cl2N4O4S. The number of aromatic nitrogens is 1. The molecule has 1 N–H and O–H groups in total. The van der Waals surface area contributed by atoms with Crippen molar-refractivity contribution < 1.29 is 17.9 Å². The van der Waals surface area contributed by atoms with Gasteiger partial charge in [0.25, 0.3) is 0 Å². The Hall–Kier alpha value is -3.63.